The maximum atomic E-state index is 12.3. The summed E-state index contributed by atoms with van der Waals surface area (Å²) in [7, 11) is -5.29. The van der Waals surface area contributed by atoms with Gasteiger partial charge in [0.05, 0.1) is 11.5 Å². The number of sulfone groups is 1. The third-order valence-electron chi connectivity index (χ3n) is 2.45. The highest BCUT2D eigenvalue weighted by atomic mass is 32.2. The van der Waals surface area contributed by atoms with E-state index in [1.54, 1.807) is 0 Å². The van der Waals surface area contributed by atoms with E-state index in [9.17, 15) is 21.6 Å². The Bertz CT molecular complexity index is 526. The molecule has 0 radical (unpaired) electrons. The largest absolute Gasteiger partial charge is 0.501 e. The number of ether oxygens (including phenoxy) is 1. The molecular weight excluding hydrogens is 295 g/mol. The fourth-order valence-corrected chi connectivity index (χ4v) is 2.25. The average molecular weight is 311 g/mol. The lowest BCUT2D eigenvalue weighted by Crippen LogP contribution is -2.23. The summed E-state index contributed by atoms with van der Waals surface area (Å²) < 4.78 is 64.6. The predicted molar refractivity (Wildman–Crippen MR) is 69.3 cm³/mol. The van der Waals surface area contributed by atoms with Crippen molar-refractivity contribution in [3.63, 3.8) is 0 Å². The molecule has 8 heteroatoms. The molecule has 0 amide bonds. The Balaban J connectivity index is 2.80. The highest BCUT2D eigenvalue weighted by Crippen LogP contribution is 2.30. The fraction of sp³-hybridized carbons (Fsp3) is 0.500. The van der Waals surface area contributed by atoms with Crippen LogP contribution in [0.15, 0.2) is 29.2 Å². The standard InChI is InChI=1S/C12H16F3NO3S/c1-3-19-8-9(2)16-10-4-6-11(7-5-10)20(17,18)12(13,14)15/h4-7,9,16H,3,8H2,1-2H3. The molecule has 0 bridgehead atoms. The summed E-state index contributed by atoms with van der Waals surface area (Å²) in [5, 5.41) is 2.99. The number of nitrogens with one attached hydrogen (secondary N) is 1. The smallest absolute Gasteiger partial charge is 0.380 e. The van der Waals surface area contributed by atoms with Crippen molar-refractivity contribution in [2.24, 2.45) is 0 Å². The fourth-order valence-electron chi connectivity index (χ4n) is 1.48. The van der Waals surface area contributed by atoms with Gasteiger partial charge in [-0.05, 0) is 38.1 Å². The minimum Gasteiger partial charge on any atom is -0.380 e. The summed E-state index contributed by atoms with van der Waals surface area (Å²) in [5.74, 6) is 0. The van der Waals surface area contributed by atoms with Gasteiger partial charge in [0.15, 0.2) is 0 Å². The molecular formula is C12H16F3NO3S. The number of hydrogen-bond donors (Lipinski definition) is 1. The number of rotatable bonds is 6. The molecule has 0 aliphatic carbocycles. The summed E-state index contributed by atoms with van der Waals surface area (Å²) in [5.41, 5.74) is -4.76. The van der Waals surface area contributed by atoms with Crippen molar-refractivity contribution in [1.29, 1.82) is 0 Å². The lowest BCUT2D eigenvalue weighted by atomic mass is 10.3. The molecule has 0 spiro atoms. The normalized spacial score (nSPS) is 14.1. The third-order valence-corrected chi connectivity index (χ3v) is 3.96. The van der Waals surface area contributed by atoms with Gasteiger partial charge in [-0.1, -0.05) is 0 Å². The molecule has 0 aliphatic heterocycles. The number of alkyl halides is 3. The highest BCUT2D eigenvalue weighted by molar-refractivity contribution is 7.92. The van der Waals surface area contributed by atoms with Gasteiger partial charge in [-0.25, -0.2) is 8.42 Å². The van der Waals surface area contributed by atoms with Crippen molar-refractivity contribution >= 4 is 15.5 Å². The molecule has 1 aromatic rings. The molecule has 1 unspecified atom stereocenters. The van der Waals surface area contributed by atoms with Gasteiger partial charge >= 0.3 is 5.51 Å². The molecule has 0 saturated carbocycles. The molecule has 4 nitrogen and oxygen atoms in total. The summed E-state index contributed by atoms with van der Waals surface area (Å²) in [4.78, 5) is -0.770. The van der Waals surface area contributed by atoms with Crippen molar-refractivity contribution in [2.45, 2.75) is 30.3 Å². The van der Waals surface area contributed by atoms with E-state index >= 15 is 0 Å². The summed E-state index contributed by atoms with van der Waals surface area (Å²) in [6.07, 6.45) is 0. The van der Waals surface area contributed by atoms with Crippen LogP contribution in [0.2, 0.25) is 0 Å². The lowest BCUT2D eigenvalue weighted by Gasteiger charge is -2.15. The van der Waals surface area contributed by atoms with Crippen molar-refractivity contribution in [2.75, 3.05) is 18.5 Å². The van der Waals surface area contributed by atoms with Crippen molar-refractivity contribution in [3.8, 4) is 0 Å². The maximum absolute atomic E-state index is 12.3. The maximum Gasteiger partial charge on any atom is 0.501 e. The summed E-state index contributed by atoms with van der Waals surface area (Å²) >= 11 is 0. The molecule has 1 rings (SSSR count). The zero-order valence-corrected chi connectivity index (χ0v) is 11.9. The van der Waals surface area contributed by atoms with E-state index in [2.05, 4.69) is 5.32 Å². The topological polar surface area (TPSA) is 55.4 Å². The van der Waals surface area contributed by atoms with Crippen LogP contribution < -0.4 is 5.32 Å². The molecule has 0 fully saturated rings. The third kappa shape index (κ3) is 4.11. The second-order valence-electron chi connectivity index (χ2n) is 4.18. The Morgan fingerprint density at radius 3 is 2.25 bits per heavy atom. The number of benzene rings is 1. The molecule has 1 N–H and O–H groups in total. The van der Waals surface area contributed by atoms with Crippen LogP contribution in [0.5, 0.6) is 0 Å². The molecule has 20 heavy (non-hydrogen) atoms. The Morgan fingerprint density at radius 1 is 1.25 bits per heavy atom. The Morgan fingerprint density at radius 2 is 1.80 bits per heavy atom. The van der Waals surface area contributed by atoms with Crippen molar-refractivity contribution in [1.82, 2.24) is 0 Å². The molecule has 1 aromatic carbocycles. The second kappa shape index (κ2) is 6.45. The number of hydrogen-bond acceptors (Lipinski definition) is 4. The van der Waals surface area contributed by atoms with Gasteiger partial charge in [-0.15, -0.1) is 0 Å². The average Bonchev–Trinajstić information content (AvgIpc) is 2.35. The van der Waals surface area contributed by atoms with E-state index < -0.39 is 20.2 Å². The minimum absolute atomic E-state index is 0.0416. The molecule has 1 atom stereocenters. The van der Waals surface area contributed by atoms with Crippen LogP contribution in [0.25, 0.3) is 0 Å². The van der Waals surface area contributed by atoms with Crippen LogP contribution in [0.4, 0.5) is 18.9 Å². The zero-order chi connectivity index (χ0) is 15.4. The number of anilines is 1. The molecule has 0 heterocycles. The summed E-state index contributed by atoms with van der Waals surface area (Å²) in [6.45, 7) is 4.70. The van der Waals surface area contributed by atoms with E-state index in [0.29, 0.717) is 18.9 Å². The monoisotopic (exact) mass is 311 g/mol. The summed E-state index contributed by atoms with van der Waals surface area (Å²) in [6, 6.07) is 4.40. The zero-order valence-electron chi connectivity index (χ0n) is 11.1. The van der Waals surface area contributed by atoms with Crippen LogP contribution in [0.1, 0.15) is 13.8 Å². The first-order chi connectivity index (χ1) is 9.18. The van der Waals surface area contributed by atoms with E-state index in [0.717, 1.165) is 12.1 Å². The minimum atomic E-state index is -5.29. The van der Waals surface area contributed by atoms with E-state index in [1.165, 1.54) is 12.1 Å². The van der Waals surface area contributed by atoms with Crippen LogP contribution in [0.3, 0.4) is 0 Å². The number of halogens is 3. The van der Waals surface area contributed by atoms with E-state index in [1.807, 2.05) is 13.8 Å². The quantitative estimate of drug-likeness (QED) is 0.878. The van der Waals surface area contributed by atoms with Gasteiger partial charge < -0.3 is 10.1 Å². The molecule has 0 saturated heterocycles. The lowest BCUT2D eigenvalue weighted by molar-refractivity contribution is -0.0436. The molecule has 114 valence electrons. The first kappa shape index (κ1) is 16.8. The first-order valence-electron chi connectivity index (χ1n) is 5.94. The van der Waals surface area contributed by atoms with Gasteiger partial charge in [-0.3, -0.25) is 0 Å². The second-order valence-corrected chi connectivity index (χ2v) is 6.12. The predicted octanol–water partition coefficient (Wildman–Crippen LogP) is 2.82. The SMILES string of the molecule is CCOCC(C)Nc1ccc(S(=O)(=O)C(F)(F)F)cc1. The van der Waals surface area contributed by atoms with Crippen LogP contribution in [-0.2, 0) is 14.6 Å². The first-order valence-corrected chi connectivity index (χ1v) is 7.42. The van der Waals surface area contributed by atoms with Crippen molar-refractivity contribution in [3.05, 3.63) is 24.3 Å². The Kier molecular flexibility index (Phi) is 5.41. The van der Waals surface area contributed by atoms with E-state index in [4.69, 9.17) is 4.74 Å². The van der Waals surface area contributed by atoms with E-state index in [-0.39, 0.29) is 6.04 Å². The van der Waals surface area contributed by atoms with Gasteiger partial charge in [-0.2, -0.15) is 13.2 Å². The van der Waals surface area contributed by atoms with Gasteiger partial charge in [0.2, 0.25) is 0 Å². The van der Waals surface area contributed by atoms with Crippen LogP contribution >= 0.6 is 0 Å². The van der Waals surface area contributed by atoms with Gasteiger partial charge in [0.25, 0.3) is 9.84 Å². The van der Waals surface area contributed by atoms with Crippen LogP contribution in [0, 0.1) is 0 Å². The highest BCUT2D eigenvalue weighted by Gasteiger charge is 2.46. The Hall–Kier alpha value is -1.28. The van der Waals surface area contributed by atoms with Gasteiger partial charge in [0.1, 0.15) is 0 Å². The Labute approximate surface area is 115 Å². The van der Waals surface area contributed by atoms with Crippen molar-refractivity contribution < 1.29 is 26.3 Å². The molecule has 0 aliphatic rings. The van der Waals surface area contributed by atoms with Crippen LogP contribution in [-0.4, -0.2) is 33.2 Å². The molecule has 0 aromatic heterocycles. The van der Waals surface area contributed by atoms with Gasteiger partial charge in [0, 0.05) is 18.3 Å².